The van der Waals surface area contributed by atoms with Crippen LogP contribution in [0.25, 0.3) is 11.0 Å². The van der Waals surface area contributed by atoms with Crippen molar-refractivity contribution in [3.63, 3.8) is 0 Å². The van der Waals surface area contributed by atoms with Gasteiger partial charge < -0.3 is 69.4 Å². The Balaban J connectivity index is 1.18. The molecule has 28 heteroatoms. The number of primary amides is 6. The predicted octanol–water partition coefficient (Wildman–Crippen LogP) is 3.55. The van der Waals surface area contributed by atoms with Crippen molar-refractivity contribution in [2.24, 2.45) is 94.7 Å². The number of nitrogens with zero attached hydrogens (tertiary/aromatic N) is 5. The minimum atomic E-state index is -5.05. The van der Waals surface area contributed by atoms with Crippen LogP contribution in [0.5, 0.6) is 0 Å². The minimum Gasteiger partial charge on any atom is -0.394 e. The van der Waals surface area contributed by atoms with Crippen LogP contribution >= 0.6 is 7.82 Å². The molecule has 2 aromatic rings. The van der Waals surface area contributed by atoms with Gasteiger partial charge in [0.1, 0.15) is 18.4 Å². The molecule has 2 fully saturated rings. The average Bonchev–Trinajstić information content (AvgIpc) is 1.53. The Kier molecular flexibility index (Phi) is 20.1. The lowest BCUT2D eigenvalue weighted by Crippen LogP contribution is -2.56. The van der Waals surface area contributed by atoms with E-state index in [0.717, 1.165) is 16.6 Å². The van der Waals surface area contributed by atoms with E-state index in [1.165, 1.54) is 6.92 Å². The Hall–Kier alpha value is -7.00. The summed E-state index contributed by atoms with van der Waals surface area (Å²) in [5.41, 5.74) is 37.7. The van der Waals surface area contributed by atoms with Crippen molar-refractivity contribution < 1.29 is 67.0 Å². The number of aliphatic hydroxyl groups is 2. The number of nitrogens with two attached hydrogens (primary N) is 6. The van der Waals surface area contributed by atoms with E-state index in [9.17, 15) is 53.2 Å². The number of aromatic nitrogens is 2. The summed E-state index contributed by atoms with van der Waals surface area (Å²) in [7, 11) is -5.05. The lowest BCUT2D eigenvalue weighted by Gasteiger charge is -2.48. The third kappa shape index (κ3) is 13.6. The lowest BCUT2D eigenvalue weighted by molar-refractivity contribution is -0.197. The van der Waals surface area contributed by atoms with E-state index in [-0.39, 0.29) is 83.6 Å². The molecule has 498 valence electrons. The smallest absolute Gasteiger partial charge is 0.394 e. The first-order valence-electron chi connectivity index (χ1n) is 31.0. The molecule has 15 atom stereocenters. The number of allylic oxidation sites excluding steroid dienone is 6. The summed E-state index contributed by atoms with van der Waals surface area (Å²) in [5.74, 6) is -7.17. The van der Waals surface area contributed by atoms with Crippen LogP contribution in [0.1, 0.15) is 157 Å². The van der Waals surface area contributed by atoms with E-state index in [2.05, 4.69) is 15.6 Å². The molecule has 0 radical (unpaired) electrons. The second-order valence-corrected chi connectivity index (χ2v) is 28.8. The van der Waals surface area contributed by atoms with E-state index < -0.39 is 143 Å². The SMILES string of the molecule is C/C1=C2N=C(/C=C3\N/C(=C(/C)C4=N[C@@](C)([C@@H]5N=C1[C@](C)(CCC(=O)NC[C@@H](C)OP(=O)(O)OC1C(O)CC(n6cnc7cc(C)c(C)cc76)O[C@@H]1CO)[C@H]5CC(N)=O)[C@@](C)(CC(N)=O)[C@@H]4CCC(N)=O)[C@@](C)(CC(N)=O)[C@@H]3CCC(N)=O)C(C)(C)[C@@H]/2CCC(N)=O. The summed E-state index contributed by atoms with van der Waals surface area (Å²) in [6.07, 6.45) is -3.69. The number of rotatable bonds is 26. The van der Waals surface area contributed by atoms with Crippen molar-refractivity contribution in [1.82, 2.24) is 20.2 Å². The second kappa shape index (κ2) is 26.2. The third-order valence-corrected chi connectivity index (χ3v) is 22.0. The van der Waals surface area contributed by atoms with Crippen molar-refractivity contribution in [1.29, 1.82) is 0 Å². The molecule has 6 aliphatic heterocycles. The number of hydrogen-bond acceptors (Lipinski definition) is 18. The molecule has 8 rings (SSSR count). The van der Waals surface area contributed by atoms with Crippen LogP contribution in [0.4, 0.5) is 0 Å². The molecule has 1 aromatic heterocycles. The van der Waals surface area contributed by atoms with Crippen molar-refractivity contribution in [2.45, 2.75) is 195 Å². The number of phosphoric acid groups is 1. The summed E-state index contributed by atoms with van der Waals surface area (Å²) < 4.78 is 32.6. The first-order chi connectivity index (χ1) is 42.3. The number of aryl methyl sites for hydroxylation is 2. The molecule has 27 nitrogen and oxygen atoms in total. The van der Waals surface area contributed by atoms with Crippen molar-refractivity contribution in [3.05, 3.63) is 63.9 Å². The summed E-state index contributed by atoms with van der Waals surface area (Å²) in [4.78, 5) is 126. The predicted molar refractivity (Wildman–Crippen MR) is 338 cm³/mol. The Morgan fingerprint density at radius 3 is 2.01 bits per heavy atom. The van der Waals surface area contributed by atoms with Gasteiger partial charge in [-0.05, 0) is 108 Å². The molecule has 4 unspecified atom stereocenters. The zero-order valence-corrected chi connectivity index (χ0v) is 54.9. The number of ether oxygens (including phenoxy) is 1. The molecule has 0 aliphatic carbocycles. The number of hydrogen-bond donors (Lipinski definition) is 11. The van der Waals surface area contributed by atoms with Crippen LogP contribution in [0.2, 0.25) is 0 Å². The molecular formula is C63H92N13O14P. The van der Waals surface area contributed by atoms with E-state index >= 15 is 0 Å². The lowest BCUT2D eigenvalue weighted by atomic mass is 9.55. The molecule has 7 heterocycles. The maximum atomic E-state index is 14.4. The highest BCUT2D eigenvalue weighted by atomic mass is 31.2. The number of phosphoric ester groups is 1. The van der Waals surface area contributed by atoms with Gasteiger partial charge in [0.25, 0.3) is 0 Å². The van der Waals surface area contributed by atoms with Crippen LogP contribution in [0.3, 0.4) is 0 Å². The maximum Gasteiger partial charge on any atom is 0.472 e. The molecule has 91 heavy (non-hydrogen) atoms. The standard InChI is InChI=1S/C63H92N13O14P/c1-30-20-40-41(21-31(30)2)76(29-71-40)52-24-42(78)55(43(28-77)88-52)90-91(86,87)89-32(3)27-70-51(85)18-19-60(8)38(22-48(67)82)58-63(11)62(10,26-50(69)84)37(14-17-47(66)81)54(75-63)34(5)57-61(9,25-49(68)83)35(12-15-45(64)79)39(72-57)23-44-59(6,7)36(13-16-46(65)80)53(73-44)33(4)56(60)74-58/h20-21,23,29,32,35-38,42-43,52,55,58,72,77-78H,12-19,22,24-28H2,1-11H3,(H2,64,79)(H2,65,80)(H2,66,81)(H2,67,82)(H2,68,83)(H2,69,84)(H,70,85)(H,86,87)/b39-23-,53-33-,57-34-/t32-,35-,36-,37-,38+,42?,43-,52?,55?,58-,60-,61+,62+,63+/m1/s1. The van der Waals surface area contributed by atoms with E-state index in [1.807, 2.05) is 87.4 Å². The van der Waals surface area contributed by atoms with Crippen LogP contribution in [0.15, 0.2) is 67.8 Å². The number of carbonyl (C=O) groups excluding carboxylic acids is 7. The number of imidazole rings is 1. The molecule has 8 bridgehead atoms. The van der Waals surface area contributed by atoms with Gasteiger partial charge in [-0.3, -0.25) is 57.6 Å². The third-order valence-electron chi connectivity index (χ3n) is 20.8. The summed E-state index contributed by atoms with van der Waals surface area (Å²) in [6, 6.07) is 2.82. The topological polar surface area (TPSA) is 460 Å². The van der Waals surface area contributed by atoms with Gasteiger partial charge in [-0.2, -0.15) is 0 Å². The Morgan fingerprint density at radius 2 is 1.42 bits per heavy atom. The fourth-order valence-corrected chi connectivity index (χ4v) is 16.8. The molecule has 1 aromatic carbocycles. The molecule has 17 N–H and O–H groups in total. The molecule has 7 amide bonds. The first-order valence-corrected chi connectivity index (χ1v) is 32.5. The number of aliphatic imine (C=N–C) groups is 3. The quantitative estimate of drug-likeness (QED) is 0.0600. The van der Waals surface area contributed by atoms with Gasteiger partial charge >= 0.3 is 7.82 Å². The number of amides is 7. The zero-order chi connectivity index (χ0) is 67.4. The van der Waals surface area contributed by atoms with Crippen LogP contribution in [-0.4, -0.2) is 132 Å². The zero-order valence-electron chi connectivity index (χ0n) is 54.0. The van der Waals surface area contributed by atoms with Gasteiger partial charge in [0, 0.05) is 137 Å². The Morgan fingerprint density at radius 1 is 0.813 bits per heavy atom. The Labute approximate surface area is 529 Å². The van der Waals surface area contributed by atoms with Gasteiger partial charge in [-0.1, -0.05) is 34.6 Å². The van der Waals surface area contributed by atoms with Gasteiger partial charge in [0.2, 0.25) is 41.4 Å². The largest absolute Gasteiger partial charge is 0.472 e. The van der Waals surface area contributed by atoms with Crippen molar-refractivity contribution >= 4 is 77.3 Å². The van der Waals surface area contributed by atoms with Crippen LogP contribution in [0, 0.1) is 59.2 Å². The molecule has 6 aliphatic rings. The molecule has 0 spiro atoms. The van der Waals surface area contributed by atoms with E-state index in [0.29, 0.717) is 50.9 Å². The van der Waals surface area contributed by atoms with Crippen LogP contribution < -0.4 is 45.0 Å². The summed E-state index contributed by atoms with van der Waals surface area (Å²) in [5, 5.41) is 28.2. The van der Waals surface area contributed by atoms with Crippen molar-refractivity contribution in [3.8, 4) is 0 Å². The van der Waals surface area contributed by atoms with Gasteiger partial charge in [0.15, 0.2) is 0 Å². The fourth-order valence-electron chi connectivity index (χ4n) is 15.6. The first kappa shape index (κ1) is 69.9. The Bertz CT molecular complexity index is 3560. The molecule has 0 saturated carbocycles. The van der Waals surface area contributed by atoms with E-state index in [1.54, 1.807) is 10.9 Å². The molecular weight excluding hydrogens is 1190 g/mol. The summed E-state index contributed by atoms with van der Waals surface area (Å²) in [6.45, 7) is 19.3. The highest BCUT2D eigenvalue weighted by molar-refractivity contribution is 7.47. The maximum absolute atomic E-state index is 14.4. The van der Waals surface area contributed by atoms with Crippen LogP contribution in [-0.2, 0) is 51.9 Å². The highest BCUT2D eigenvalue weighted by Gasteiger charge is 2.66. The average molecular weight is 1290 g/mol. The number of aliphatic hydroxyl groups excluding tert-OH is 2. The number of nitrogens with one attached hydrogen (secondary N) is 2. The summed E-state index contributed by atoms with van der Waals surface area (Å²) >= 11 is 0. The van der Waals surface area contributed by atoms with Crippen molar-refractivity contribution in [2.75, 3.05) is 13.2 Å². The van der Waals surface area contributed by atoms with E-state index in [4.69, 9.17) is 63.2 Å². The fraction of sp³-hybridized carbons (Fsp3) is 0.635. The number of fused-ring (bicyclic) bond motifs is 7. The monoisotopic (exact) mass is 1290 g/mol. The van der Waals surface area contributed by atoms with Gasteiger partial charge in [0.05, 0.1) is 47.8 Å². The normalized spacial score (nSPS) is 34.1. The molecule has 2 saturated heterocycles. The van der Waals surface area contributed by atoms with Gasteiger partial charge in [-0.25, -0.2) is 9.55 Å². The minimum absolute atomic E-state index is 0.00886. The number of benzene rings is 1. The second-order valence-electron chi connectivity index (χ2n) is 27.5. The number of carbonyl (C=O) groups is 7. The highest BCUT2D eigenvalue weighted by Crippen LogP contribution is 2.63. The van der Waals surface area contributed by atoms with Gasteiger partial charge in [-0.15, -0.1) is 0 Å².